The highest BCUT2D eigenvalue weighted by Gasteiger charge is 2.05. The van der Waals surface area contributed by atoms with E-state index in [4.69, 9.17) is 4.74 Å². The predicted octanol–water partition coefficient (Wildman–Crippen LogP) is 2.99. The van der Waals surface area contributed by atoms with E-state index < -0.39 is 0 Å². The number of hydrogen-bond acceptors (Lipinski definition) is 3. The number of nitrogens with zero attached hydrogens (tertiary/aromatic N) is 1. The Labute approximate surface area is 122 Å². The minimum Gasteiger partial charge on any atom is -0.497 e. The summed E-state index contributed by atoms with van der Waals surface area (Å²) in [5, 5.41) is 4.03. The second-order valence-electron chi connectivity index (χ2n) is 4.37. The van der Waals surface area contributed by atoms with E-state index in [9.17, 15) is 9.18 Å². The van der Waals surface area contributed by atoms with Gasteiger partial charge in [0.1, 0.15) is 11.6 Å². The molecule has 1 amide bonds. The molecule has 2 aromatic rings. The van der Waals surface area contributed by atoms with E-state index in [1.807, 2.05) is 24.3 Å². The van der Waals surface area contributed by atoms with Crippen LogP contribution < -0.4 is 10.2 Å². The van der Waals surface area contributed by atoms with Crippen molar-refractivity contribution in [3.63, 3.8) is 0 Å². The van der Waals surface area contributed by atoms with Crippen LogP contribution >= 0.6 is 0 Å². The van der Waals surface area contributed by atoms with E-state index >= 15 is 0 Å². The first-order valence-electron chi connectivity index (χ1n) is 6.35. The van der Waals surface area contributed by atoms with Gasteiger partial charge >= 0.3 is 0 Å². The number of halogens is 1. The number of hydrogen-bond donors (Lipinski definition) is 1. The first kappa shape index (κ1) is 14.7. The molecule has 4 nitrogen and oxygen atoms in total. The maximum absolute atomic E-state index is 12.8. The van der Waals surface area contributed by atoms with Crippen LogP contribution in [0.3, 0.4) is 0 Å². The lowest BCUT2D eigenvalue weighted by atomic mass is 10.1. The second kappa shape index (κ2) is 6.65. The van der Waals surface area contributed by atoms with E-state index in [1.54, 1.807) is 14.0 Å². The summed E-state index contributed by atoms with van der Waals surface area (Å²) in [6.07, 6.45) is 0. The summed E-state index contributed by atoms with van der Waals surface area (Å²) in [4.78, 5) is 11.8. The number of carbonyl (C=O) groups is 1. The Morgan fingerprint density at radius 3 is 2.19 bits per heavy atom. The summed E-state index contributed by atoms with van der Waals surface area (Å²) < 4.78 is 17.9. The zero-order valence-corrected chi connectivity index (χ0v) is 11.8. The summed E-state index contributed by atoms with van der Waals surface area (Å²) in [7, 11) is 1.60. The Bertz CT molecular complexity index is 649. The zero-order valence-electron chi connectivity index (χ0n) is 11.8. The molecular weight excluding hydrogens is 271 g/mol. The molecule has 21 heavy (non-hydrogen) atoms. The maximum Gasteiger partial charge on any atom is 0.271 e. The van der Waals surface area contributed by atoms with E-state index in [-0.39, 0.29) is 11.7 Å². The van der Waals surface area contributed by atoms with Gasteiger partial charge < -0.3 is 4.74 Å². The Kier molecular flexibility index (Phi) is 4.66. The van der Waals surface area contributed by atoms with E-state index in [0.29, 0.717) is 11.3 Å². The molecule has 0 aromatic heterocycles. The average molecular weight is 286 g/mol. The third-order valence-corrected chi connectivity index (χ3v) is 2.94. The Balaban J connectivity index is 2.05. The number of hydrazone groups is 1. The van der Waals surface area contributed by atoms with Crippen LogP contribution in [0.4, 0.5) is 4.39 Å². The van der Waals surface area contributed by atoms with E-state index in [2.05, 4.69) is 10.5 Å². The number of ether oxygens (including phenoxy) is 1. The number of carbonyl (C=O) groups excluding carboxylic acids is 1. The summed E-state index contributed by atoms with van der Waals surface area (Å²) in [6, 6.07) is 12.6. The minimum absolute atomic E-state index is 0.350. The smallest absolute Gasteiger partial charge is 0.271 e. The van der Waals surface area contributed by atoms with Crippen molar-refractivity contribution in [2.24, 2.45) is 5.10 Å². The van der Waals surface area contributed by atoms with Crippen LogP contribution in [0.1, 0.15) is 22.8 Å². The first-order chi connectivity index (χ1) is 10.1. The number of benzene rings is 2. The van der Waals surface area contributed by atoms with Gasteiger partial charge in [0.25, 0.3) is 5.91 Å². The third-order valence-electron chi connectivity index (χ3n) is 2.94. The van der Waals surface area contributed by atoms with Gasteiger partial charge in [0, 0.05) is 5.56 Å². The molecule has 0 saturated heterocycles. The molecule has 0 aliphatic heterocycles. The molecule has 0 radical (unpaired) electrons. The molecule has 2 rings (SSSR count). The molecule has 0 aliphatic rings. The monoisotopic (exact) mass is 286 g/mol. The molecular formula is C16H15FN2O2. The second-order valence-corrected chi connectivity index (χ2v) is 4.37. The maximum atomic E-state index is 12.8. The topological polar surface area (TPSA) is 50.7 Å². The lowest BCUT2D eigenvalue weighted by molar-refractivity contribution is 0.0955. The summed E-state index contributed by atoms with van der Waals surface area (Å²) in [5.74, 6) is -0.0192. The fraction of sp³-hybridized carbons (Fsp3) is 0.125. The molecule has 0 aliphatic carbocycles. The fourth-order valence-corrected chi connectivity index (χ4v) is 1.70. The van der Waals surface area contributed by atoms with Crippen molar-refractivity contribution < 1.29 is 13.9 Å². The van der Waals surface area contributed by atoms with Crippen LogP contribution in [0.2, 0.25) is 0 Å². The minimum atomic E-state index is -0.386. The highest BCUT2D eigenvalue weighted by Crippen LogP contribution is 2.11. The standard InChI is InChI=1S/C16H15FN2O2/c1-11(12-5-9-15(21-2)10-6-12)18-19-16(20)13-3-7-14(17)8-4-13/h3-10H,1-2H3,(H,19,20). The summed E-state index contributed by atoms with van der Waals surface area (Å²) in [6.45, 7) is 1.78. The lowest BCUT2D eigenvalue weighted by Crippen LogP contribution is -2.19. The van der Waals surface area contributed by atoms with Gasteiger partial charge in [-0.25, -0.2) is 9.82 Å². The first-order valence-corrected chi connectivity index (χ1v) is 6.35. The number of methoxy groups -OCH3 is 1. The van der Waals surface area contributed by atoms with E-state index in [0.717, 1.165) is 11.3 Å². The molecule has 0 spiro atoms. The quantitative estimate of drug-likeness (QED) is 0.694. The molecule has 1 N–H and O–H groups in total. The molecule has 0 saturated carbocycles. The molecule has 0 unspecified atom stereocenters. The molecule has 0 bridgehead atoms. The molecule has 108 valence electrons. The van der Waals surface area contributed by atoms with Crippen LogP contribution in [-0.4, -0.2) is 18.7 Å². The van der Waals surface area contributed by atoms with Crippen molar-refractivity contribution in [2.45, 2.75) is 6.92 Å². The third kappa shape index (κ3) is 3.89. The number of nitrogens with one attached hydrogen (secondary N) is 1. The van der Waals surface area contributed by atoms with Gasteiger partial charge in [-0.05, 0) is 61.0 Å². The molecule has 2 aromatic carbocycles. The largest absolute Gasteiger partial charge is 0.497 e. The molecule has 5 heteroatoms. The highest BCUT2D eigenvalue weighted by molar-refractivity contribution is 6.00. The van der Waals surface area contributed by atoms with Crippen LogP contribution in [0.5, 0.6) is 5.75 Å². The van der Waals surface area contributed by atoms with Crippen molar-refractivity contribution in [1.29, 1.82) is 0 Å². The van der Waals surface area contributed by atoms with Gasteiger partial charge in [0.15, 0.2) is 0 Å². The highest BCUT2D eigenvalue weighted by atomic mass is 19.1. The van der Waals surface area contributed by atoms with Crippen molar-refractivity contribution >= 4 is 11.6 Å². The lowest BCUT2D eigenvalue weighted by Gasteiger charge is -2.04. The van der Waals surface area contributed by atoms with E-state index in [1.165, 1.54) is 24.3 Å². The van der Waals surface area contributed by atoms with Gasteiger partial charge in [0.05, 0.1) is 12.8 Å². The molecule has 0 atom stereocenters. The van der Waals surface area contributed by atoms with Crippen LogP contribution in [0.25, 0.3) is 0 Å². The normalized spacial score (nSPS) is 11.1. The Morgan fingerprint density at radius 2 is 1.62 bits per heavy atom. The summed E-state index contributed by atoms with van der Waals surface area (Å²) in [5.41, 5.74) is 4.32. The SMILES string of the molecule is COc1ccc(C(C)=NNC(=O)c2ccc(F)cc2)cc1. The van der Waals surface area contributed by atoms with Gasteiger partial charge in [-0.15, -0.1) is 0 Å². The van der Waals surface area contributed by atoms with Gasteiger partial charge in [0.2, 0.25) is 0 Å². The average Bonchev–Trinajstić information content (AvgIpc) is 2.53. The predicted molar refractivity (Wildman–Crippen MR) is 79.1 cm³/mol. The van der Waals surface area contributed by atoms with Crippen molar-refractivity contribution in [3.8, 4) is 5.75 Å². The van der Waals surface area contributed by atoms with Crippen molar-refractivity contribution in [1.82, 2.24) is 5.43 Å². The Hall–Kier alpha value is -2.69. The van der Waals surface area contributed by atoms with Crippen molar-refractivity contribution in [3.05, 3.63) is 65.5 Å². The van der Waals surface area contributed by atoms with Crippen LogP contribution in [-0.2, 0) is 0 Å². The van der Waals surface area contributed by atoms with Crippen LogP contribution in [0.15, 0.2) is 53.6 Å². The fourth-order valence-electron chi connectivity index (χ4n) is 1.70. The van der Waals surface area contributed by atoms with Crippen LogP contribution in [0, 0.1) is 5.82 Å². The number of rotatable bonds is 4. The number of amides is 1. The summed E-state index contributed by atoms with van der Waals surface area (Å²) >= 11 is 0. The van der Waals surface area contributed by atoms with Gasteiger partial charge in [-0.2, -0.15) is 5.10 Å². The molecule has 0 fully saturated rings. The molecule has 0 heterocycles. The Morgan fingerprint density at radius 1 is 1.05 bits per heavy atom. The van der Waals surface area contributed by atoms with Gasteiger partial charge in [-0.1, -0.05) is 0 Å². The van der Waals surface area contributed by atoms with Crippen molar-refractivity contribution in [2.75, 3.05) is 7.11 Å². The zero-order chi connectivity index (χ0) is 15.2. The van der Waals surface area contributed by atoms with Gasteiger partial charge in [-0.3, -0.25) is 4.79 Å².